The molecule has 0 saturated heterocycles. The van der Waals surface area contributed by atoms with Gasteiger partial charge >= 0.3 is 5.97 Å². The van der Waals surface area contributed by atoms with E-state index in [0.717, 1.165) is 12.8 Å². The van der Waals surface area contributed by atoms with Gasteiger partial charge in [0.15, 0.2) is 0 Å². The smallest absolute Gasteiger partial charge is 0.306 e. The van der Waals surface area contributed by atoms with Crippen molar-refractivity contribution in [3.63, 3.8) is 0 Å². The topological polar surface area (TPSA) is 26.3 Å². The fourth-order valence-corrected chi connectivity index (χ4v) is 0.674. The molecule has 1 radical (unpaired) electrons. The highest BCUT2D eigenvalue weighted by atomic mass is 16.5. The van der Waals surface area contributed by atoms with Crippen LogP contribution in [0.2, 0.25) is 0 Å². The van der Waals surface area contributed by atoms with Crippen LogP contribution >= 0.6 is 0 Å². The quantitative estimate of drug-likeness (QED) is 0.451. The molecule has 0 aliphatic heterocycles. The van der Waals surface area contributed by atoms with E-state index in [-0.39, 0.29) is 11.9 Å². The van der Waals surface area contributed by atoms with E-state index in [1.165, 1.54) is 0 Å². The number of hydrogen-bond acceptors (Lipinski definition) is 2. The lowest BCUT2D eigenvalue weighted by Gasteiger charge is -2.04. The molecule has 2 nitrogen and oxygen atoms in total. The summed E-state index contributed by atoms with van der Waals surface area (Å²) in [6, 6.07) is 0. The van der Waals surface area contributed by atoms with Gasteiger partial charge in [-0.25, -0.2) is 0 Å². The lowest BCUT2D eigenvalue weighted by molar-refractivity contribution is -0.144. The summed E-state index contributed by atoms with van der Waals surface area (Å²) in [7, 11) is 0. The number of ether oxygens (including phenoxy) is 1. The summed E-state index contributed by atoms with van der Waals surface area (Å²) >= 11 is 0. The van der Waals surface area contributed by atoms with E-state index < -0.39 is 0 Å². The molecule has 0 amide bonds. The molecular weight excluding hydrogens is 140 g/mol. The number of hydrogen-bond donors (Lipinski definition) is 0. The normalized spacial score (nSPS) is 10.2. The molecule has 0 aliphatic rings. The molecule has 0 aliphatic carbocycles. The molecule has 0 aromatic rings. The van der Waals surface area contributed by atoms with Crippen molar-refractivity contribution >= 4 is 5.97 Å². The van der Waals surface area contributed by atoms with Crippen LogP contribution in [-0.2, 0) is 9.53 Å². The second-order valence-electron chi connectivity index (χ2n) is 2.88. The van der Waals surface area contributed by atoms with E-state index in [1.807, 2.05) is 6.92 Å². The lowest BCUT2D eigenvalue weighted by Crippen LogP contribution is -2.08. The van der Waals surface area contributed by atoms with Gasteiger partial charge in [0.1, 0.15) is 0 Å². The van der Waals surface area contributed by atoms with Crippen LogP contribution in [0, 0.1) is 12.8 Å². The van der Waals surface area contributed by atoms with Gasteiger partial charge in [-0.1, -0.05) is 20.3 Å². The van der Waals surface area contributed by atoms with Crippen LogP contribution in [0.5, 0.6) is 0 Å². The maximum Gasteiger partial charge on any atom is 0.306 e. The first-order valence-corrected chi connectivity index (χ1v) is 4.15. The molecule has 0 spiro atoms. The minimum Gasteiger partial charge on any atom is -0.466 e. The summed E-state index contributed by atoms with van der Waals surface area (Å²) in [4.78, 5) is 10.9. The standard InChI is InChI=1S/C9H17O2/c1-4-5-6-11-9(10)7-8(2)3/h8H,2,4-7H2,1,3H3. The molecule has 65 valence electrons. The van der Waals surface area contributed by atoms with E-state index >= 15 is 0 Å². The van der Waals surface area contributed by atoms with Crippen molar-refractivity contribution in [2.24, 2.45) is 5.92 Å². The van der Waals surface area contributed by atoms with Gasteiger partial charge in [-0.3, -0.25) is 4.79 Å². The SMILES string of the molecule is [CH2]C(C)CC(=O)OCCCC. The highest BCUT2D eigenvalue weighted by Crippen LogP contribution is 2.00. The summed E-state index contributed by atoms with van der Waals surface area (Å²) in [5.41, 5.74) is 0. The number of rotatable bonds is 5. The van der Waals surface area contributed by atoms with E-state index in [9.17, 15) is 4.79 Å². The van der Waals surface area contributed by atoms with E-state index in [1.54, 1.807) is 0 Å². The fraction of sp³-hybridized carbons (Fsp3) is 0.778. The third kappa shape index (κ3) is 7.37. The van der Waals surface area contributed by atoms with E-state index in [2.05, 4.69) is 13.8 Å². The van der Waals surface area contributed by atoms with Crippen LogP contribution in [0.1, 0.15) is 33.1 Å². The Morgan fingerprint density at radius 2 is 2.27 bits per heavy atom. The van der Waals surface area contributed by atoms with Gasteiger partial charge in [0.2, 0.25) is 0 Å². The third-order valence-electron chi connectivity index (χ3n) is 1.28. The minimum atomic E-state index is -0.124. The molecule has 11 heavy (non-hydrogen) atoms. The molecule has 0 bridgehead atoms. The summed E-state index contributed by atoms with van der Waals surface area (Å²) in [5, 5.41) is 0. The Labute approximate surface area is 68.9 Å². The summed E-state index contributed by atoms with van der Waals surface area (Å²) in [6.07, 6.45) is 2.45. The Hall–Kier alpha value is -0.530. The molecule has 0 aromatic carbocycles. The summed E-state index contributed by atoms with van der Waals surface area (Å²) < 4.78 is 4.91. The van der Waals surface area contributed by atoms with Crippen molar-refractivity contribution in [1.29, 1.82) is 0 Å². The fourth-order valence-electron chi connectivity index (χ4n) is 0.674. The molecule has 0 fully saturated rings. The van der Waals surface area contributed by atoms with Crippen LogP contribution in [0.4, 0.5) is 0 Å². The van der Waals surface area contributed by atoms with Crippen molar-refractivity contribution in [3.8, 4) is 0 Å². The van der Waals surface area contributed by atoms with Crippen molar-refractivity contribution in [1.82, 2.24) is 0 Å². The predicted octanol–water partition coefficient (Wildman–Crippen LogP) is 2.19. The predicted molar refractivity (Wildman–Crippen MR) is 45.0 cm³/mol. The first kappa shape index (κ1) is 10.5. The van der Waals surface area contributed by atoms with Crippen LogP contribution in [-0.4, -0.2) is 12.6 Å². The number of carbonyl (C=O) groups is 1. The molecule has 0 rings (SSSR count). The number of carbonyl (C=O) groups excluding carboxylic acids is 1. The largest absolute Gasteiger partial charge is 0.466 e. The van der Waals surface area contributed by atoms with Gasteiger partial charge in [0.05, 0.1) is 6.61 Å². The number of esters is 1. The van der Waals surface area contributed by atoms with Gasteiger partial charge in [-0.15, -0.1) is 0 Å². The molecule has 1 atom stereocenters. The Morgan fingerprint density at radius 1 is 1.64 bits per heavy atom. The number of unbranched alkanes of at least 4 members (excludes halogenated alkanes) is 1. The molecule has 0 N–H and O–H groups in total. The zero-order valence-electron chi connectivity index (χ0n) is 7.43. The van der Waals surface area contributed by atoms with E-state index in [4.69, 9.17) is 4.74 Å². The first-order chi connectivity index (χ1) is 5.16. The molecular formula is C9H17O2. The maximum atomic E-state index is 10.9. The molecule has 0 saturated carbocycles. The van der Waals surface area contributed by atoms with Crippen molar-refractivity contribution < 1.29 is 9.53 Å². The van der Waals surface area contributed by atoms with Crippen LogP contribution in [0.3, 0.4) is 0 Å². The Balaban J connectivity index is 3.23. The van der Waals surface area contributed by atoms with Gasteiger partial charge in [-0.2, -0.15) is 0 Å². The summed E-state index contributed by atoms with van der Waals surface area (Å²) in [5.74, 6) is 0.0325. The Morgan fingerprint density at radius 3 is 2.73 bits per heavy atom. The van der Waals surface area contributed by atoms with Crippen LogP contribution in [0.25, 0.3) is 0 Å². The van der Waals surface area contributed by atoms with Crippen molar-refractivity contribution in [2.45, 2.75) is 33.1 Å². The van der Waals surface area contributed by atoms with Crippen LogP contribution in [0.15, 0.2) is 0 Å². The van der Waals surface area contributed by atoms with Crippen molar-refractivity contribution in [3.05, 3.63) is 6.92 Å². The first-order valence-electron chi connectivity index (χ1n) is 4.15. The average molecular weight is 157 g/mol. The lowest BCUT2D eigenvalue weighted by atomic mass is 10.1. The van der Waals surface area contributed by atoms with Gasteiger partial charge < -0.3 is 4.74 Å². The summed E-state index contributed by atoms with van der Waals surface area (Å²) in [6.45, 7) is 8.23. The van der Waals surface area contributed by atoms with Gasteiger partial charge in [-0.05, 0) is 19.3 Å². The Kier molecular flexibility index (Phi) is 5.90. The molecule has 1 unspecified atom stereocenters. The second kappa shape index (κ2) is 6.20. The molecule has 2 heteroatoms. The zero-order valence-corrected chi connectivity index (χ0v) is 7.43. The monoisotopic (exact) mass is 157 g/mol. The maximum absolute atomic E-state index is 10.9. The van der Waals surface area contributed by atoms with Crippen molar-refractivity contribution in [2.75, 3.05) is 6.61 Å². The molecule has 0 heterocycles. The average Bonchev–Trinajstić information content (AvgIpc) is 1.86. The zero-order chi connectivity index (χ0) is 8.69. The highest BCUT2D eigenvalue weighted by Gasteiger charge is 2.04. The molecule has 0 aromatic heterocycles. The van der Waals surface area contributed by atoms with Gasteiger partial charge in [0.25, 0.3) is 0 Å². The van der Waals surface area contributed by atoms with Gasteiger partial charge in [0, 0.05) is 6.42 Å². The minimum absolute atomic E-state index is 0.124. The highest BCUT2D eigenvalue weighted by molar-refractivity contribution is 5.69. The second-order valence-corrected chi connectivity index (χ2v) is 2.88. The van der Waals surface area contributed by atoms with E-state index in [0.29, 0.717) is 13.0 Å². The third-order valence-corrected chi connectivity index (χ3v) is 1.28. The Bertz CT molecular complexity index is 108. The van der Waals surface area contributed by atoms with Crippen LogP contribution < -0.4 is 0 Å².